The van der Waals surface area contributed by atoms with Crippen molar-refractivity contribution in [1.82, 2.24) is 5.32 Å². The summed E-state index contributed by atoms with van der Waals surface area (Å²) in [5.74, 6) is 0.164. The largest absolute Gasteiger partial charge is 0.302 e. The van der Waals surface area contributed by atoms with Gasteiger partial charge >= 0.3 is 0 Å². The SMILES string of the molecule is C=C/C=C\C(=C)c1ccc(CC(NC(C)(C)C)C(C)=O)cc1. The number of allylic oxidation sites excluding steroid dienone is 4. The second kappa shape index (κ2) is 7.90. The second-order valence-electron chi connectivity index (χ2n) is 6.58. The van der Waals surface area contributed by atoms with Crippen molar-refractivity contribution >= 4 is 11.4 Å². The third-order valence-electron chi connectivity index (χ3n) is 3.30. The Morgan fingerprint density at radius 1 is 1.27 bits per heavy atom. The molecule has 0 saturated heterocycles. The van der Waals surface area contributed by atoms with Gasteiger partial charge in [-0.25, -0.2) is 0 Å². The van der Waals surface area contributed by atoms with E-state index in [9.17, 15) is 4.79 Å². The van der Waals surface area contributed by atoms with Gasteiger partial charge in [-0.3, -0.25) is 4.79 Å². The van der Waals surface area contributed by atoms with Gasteiger partial charge in [-0.1, -0.05) is 55.7 Å². The highest BCUT2D eigenvalue weighted by Gasteiger charge is 2.21. The third kappa shape index (κ3) is 6.23. The molecule has 2 nitrogen and oxygen atoms in total. The Hall–Kier alpha value is -1.93. The fourth-order valence-electron chi connectivity index (χ4n) is 2.19. The quantitative estimate of drug-likeness (QED) is 0.759. The van der Waals surface area contributed by atoms with E-state index in [4.69, 9.17) is 0 Å². The molecule has 2 heteroatoms. The number of carbonyl (C=O) groups excluding carboxylic acids is 1. The summed E-state index contributed by atoms with van der Waals surface area (Å²) < 4.78 is 0. The molecule has 0 aliphatic heterocycles. The van der Waals surface area contributed by atoms with Crippen LogP contribution in [0.4, 0.5) is 0 Å². The lowest BCUT2D eigenvalue weighted by Crippen LogP contribution is -2.48. The van der Waals surface area contributed by atoms with Crippen molar-refractivity contribution in [3.8, 4) is 0 Å². The zero-order valence-electron chi connectivity index (χ0n) is 14.1. The van der Waals surface area contributed by atoms with E-state index in [-0.39, 0.29) is 17.4 Å². The first kappa shape index (κ1) is 18.1. The summed E-state index contributed by atoms with van der Waals surface area (Å²) in [7, 11) is 0. The Morgan fingerprint density at radius 2 is 1.86 bits per heavy atom. The van der Waals surface area contributed by atoms with Crippen molar-refractivity contribution in [2.24, 2.45) is 0 Å². The monoisotopic (exact) mass is 297 g/mol. The van der Waals surface area contributed by atoms with Crippen molar-refractivity contribution in [1.29, 1.82) is 0 Å². The van der Waals surface area contributed by atoms with Crippen LogP contribution in [0.5, 0.6) is 0 Å². The lowest BCUT2D eigenvalue weighted by atomic mass is 9.97. The third-order valence-corrected chi connectivity index (χ3v) is 3.30. The van der Waals surface area contributed by atoms with Gasteiger partial charge in [-0.2, -0.15) is 0 Å². The van der Waals surface area contributed by atoms with E-state index in [1.54, 1.807) is 13.0 Å². The van der Waals surface area contributed by atoms with E-state index in [0.29, 0.717) is 6.42 Å². The van der Waals surface area contributed by atoms with Crippen molar-refractivity contribution in [2.75, 3.05) is 0 Å². The number of rotatable bonds is 7. The number of ketones is 1. The van der Waals surface area contributed by atoms with E-state index >= 15 is 0 Å². The highest BCUT2D eigenvalue weighted by molar-refractivity contribution is 5.82. The van der Waals surface area contributed by atoms with Crippen molar-refractivity contribution in [2.45, 2.75) is 45.7 Å². The smallest absolute Gasteiger partial charge is 0.147 e. The van der Waals surface area contributed by atoms with Crippen LogP contribution in [0.1, 0.15) is 38.8 Å². The van der Waals surface area contributed by atoms with Crippen molar-refractivity contribution in [3.63, 3.8) is 0 Å². The standard InChI is InChI=1S/C20H27NO/c1-7-8-9-15(2)18-12-10-17(11-13-18)14-19(16(3)22)21-20(4,5)6/h7-13,19,21H,1-2,14H2,3-6H3/b9-8-. The van der Waals surface area contributed by atoms with Crippen LogP contribution < -0.4 is 5.32 Å². The number of benzene rings is 1. The van der Waals surface area contributed by atoms with Gasteiger partial charge in [0.1, 0.15) is 5.78 Å². The first-order chi connectivity index (χ1) is 10.2. The molecule has 1 N–H and O–H groups in total. The molecule has 0 spiro atoms. The Bertz CT molecular complexity index is 558. The molecule has 0 fully saturated rings. The molecule has 118 valence electrons. The van der Waals surface area contributed by atoms with Crippen LogP contribution in [-0.4, -0.2) is 17.4 Å². The fourth-order valence-corrected chi connectivity index (χ4v) is 2.19. The Balaban J connectivity index is 2.81. The summed E-state index contributed by atoms with van der Waals surface area (Å²) in [5, 5.41) is 3.38. The highest BCUT2D eigenvalue weighted by Crippen LogP contribution is 2.16. The van der Waals surface area contributed by atoms with Crippen LogP contribution in [0.15, 0.2) is 55.7 Å². The molecular formula is C20H27NO. The lowest BCUT2D eigenvalue weighted by Gasteiger charge is -2.27. The molecule has 0 radical (unpaired) electrons. The van der Waals surface area contributed by atoms with Crippen LogP contribution in [-0.2, 0) is 11.2 Å². The van der Waals surface area contributed by atoms with Crippen LogP contribution in [0.2, 0.25) is 0 Å². The normalized spacial score (nSPS) is 13.1. The van der Waals surface area contributed by atoms with Gasteiger partial charge in [0.05, 0.1) is 6.04 Å². The van der Waals surface area contributed by atoms with Crippen LogP contribution in [0.3, 0.4) is 0 Å². The van der Waals surface area contributed by atoms with E-state index < -0.39 is 0 Å². The molecule has 0 aliphatic rings. The van der Waals surface area contributed by atoms with Crippen LogP contribution in [0.25, 0.3) is 5.57 Å². The molecule has 0 heterocycles. The minimum atomic E-state index is -0.158. The summed E-state index contributed by atoms with van der Waals surface area (Å²) >= 11 is 0. The summed E-state index contributed by atoms with van der Waals surface area (Å²) in [6, 6.07) is 8.04. The predicted octanol–water partition coefficient (Wildman–Crippen LogP) is 4.33. The topological polar surface area (TPSA) is 29.1 Å². The number of carbonyl (C=O) groups is 1. The Labute approximate surface area is 134 Å². The molecule has 0 saturated carbocycles. The van der Waals surface area contributed by atoms with E-state index in [0.717, 1.165) is 16.7 Å². The molecule has 1 atom stereocenters. The van der Waals surface area contributed by atoms with Gasteiger partial charge in [0, 0.05) is 5.54 Å². The highest BCUT2D eigenvalue weighted by atomic mass is 16.1. The molecule has 22 heavy (non-hydrogen) atoms. The summed E-state index contributed by atoms with van der Waals surface area (Å²) in [4.78, 5) is 11.8. The van der Waals surface area contributed by atoms with Crippen LogP contribution in [0, 0.1) is 0 Å². The molecule has 0 amide bonds. The lowest BCUT2D eigenvalue weighted by molar-refractivity contribution is -0.119. The van der Waals surface area contributed by atoms with Gasteiger partial charge in [-0.05, 0) is 50.8 Å². The van der Waals surface area contributed by atoms with Gasteiger partial charge < -0.3 is 5.32 Å². The average Bonchev–Trinajstić information content (AvgIpc) is 2.43. The molecule has 1 aromatic rings. The Kier molecular flexibility index (Phi) is 6.51. The predicted molar refractivity (Wildman–Crippen MR) is 95.9 cm³/mol. The molecule has 0 aliphatic carbocycles. The Morgan fingerprint density at radius 3 is 2.32 bits per heavy atom. The number of hydrogen-bond donors (Lipinski definition) is 1. The number of nitrogens with one attached hydrogen (secondary N) is 1. The summed E-state index contributed by atoms with van der Waals surface area (Å²) in [6.45, 7) is 15.5. The fraction of sp³-hybridized carbons (Fsp3) is 0.350. The first-order valence-corrected chi connectivity index (χ1v) is 7.58. The number of Topliss-reactive ketones (excluding diaryl/α,β-unsaturated/α-hetero) is 1. The van der Waals surface area contributed by atoms with Crippen molar-refractivity contribution < 1.29 is 4.79 Å². The molecule has 1 unspecified atom stereocenters. The maximum absolute atomic E-state index is 11.8. The van der Waals surface area contributed by atoms with Gasteiger partial charge in [-0.15, -0.1) is 0 Å². The first-order valence-electron chi connectivity index (χ1n) is 7.58. The van der Waals surface area contributed by atoms with Crippen LogP contribution >= 0.6 is 0 Å². The van der Waals surface area contributed by atoms with Gasteiger partial charge in [0.25, 0.3) is 0 Å². The summed E-state index contributed by atoms with van der Waals surface area (Å²) in [6.07, 6.45) is 6.23. The minimum absolute atomic E-state index is 0.0833. The van der Waals surface area contributed by atoms with E-state index in [1.807, 2.05) is 24.3 Å². The molecule has 0 aromatic heterocycles. The zero-order chi connectivity index (χ0) is 16.8. The molecule has 1 rings (SSSR count). The molecule has 0 bridgehead atoms. The zero-order valence-corrected chi connectivity index (χ0v) is 14.1. The number of hydrogen-bond acceptors (Lipinski definition) is 2. The average molecular weight is 297 g/mol. The molecular weight excluding hydrogens is 270 g/mol. The van der Waals surface area contributed by atoms with Gasteiger partial charge in [0.15, 0.2) is 0 Å². The minimum Gasteiger partial charge on any atom is -0.302 e. The summed E-state index contributed by atoms with van der Waals surface area (Å²) in [5.41, 5.74) is 3.08. The maximum Gasteiger partial charge on any atom is 0.147 e. The van der Waals surface area contributed by atoms with Gasteiger partial charge in [0.2, 0.25) is 0 Å². The van der Waals surface area contributed by atoms with Crippen molar-refractivity contribution in [3.05, 3.63) is 66.8 Å². The van der Waals surface area contributed by atoms with E-state index in [2.05, 4.69) is 51.4 Å². The van der Waals surface area contributed by atoms with E-state index in [1.165, 1.54) is 0 Å². The molecule has 1 aromatic carbocycles. The second-order valence-corrected chi connectivity index (χ2v) is 6.58. The maximum atomic E-state index is 11.8.